The number of amides is 1. The van der Waals surface area contributed by atoms with Gasteiger partial charge in [0.2, 0.25) is 0 Å². The average molecular weight is 377 g/mol. The Hall–Kier alpha value is -1.99. The van der Waals surface area contributed by atoms with Crippen LogP contribution in [0, 0.1) is 0 Å². The number of carbonyl (C=O) groups is 1. The molecule has 3 rings (SSSR count). The van der Waals surface area contributed by atoms with Crippen LogP contribution in [0.25, 0.3) is 0 Å². The highest BCUT2D eigenvalue weighted by atomic mass is 16.6. The Labute approximate surface area is 161 Å². The van der Waals surface area contributed by atoms with Gasteiger partial charge in [0.1, 0.15) is 17.0 Å². The van der Waals surface area contributed by atoms with Gasteiger partial charge in [0.25, 0.3) is 0 Å². The number of hydrogen-bond acceptors (Lipinski definition) is 6. The lowest BCUT2D eigenvalue weighted by atomic mass is 9.83. The Morgan fingerprint density at radius 2 is 2.00 bits per heavy atom. The molecule has 2 heterocycles. The third kappa shape index (κ3) is 5.05. The molecule has 1 aromatic carbocycles. The predicted molar refractivity (Wildman–Crippen MR) is 106 cm³/mol. The molecule has 4 N–H and O–H groups in total. The lowest BCUT2D eigenvalue weighted by molar-refractivity contribution is -0.0272. The number of rotatable bonds is 4. The average Bonchev–Trinajstić information content (AvgIpc) is 2.61. The van der Waals surface area contributed by atoms with Crippen LogP contribution >= 0.6 is 0 Å². The van der Waals surface area contributed by atoms with E-state index in [4.69, 9.17) is 15.3 Å². The van der Waals surface area contributed by atoms with Crippen LogP contribution in [0.1, 0.15) is 45.6 Å². The van der Waals surface area contributed by atoms with Crippen LogP contribution in [0.3, 0.4) is 0 Å². The maximum absolute atomic E-state index is 12.3. The molecule has 1 saturated heterocycles. The molecule has 150 valence electrons. The second kappa shape index (κ2) is 7.94. The number of hydrogen-bond donors (Lipinski definition) is 3. The van der Waals surface area contributed by atoms with Crippen LogP contribution in [0.2, 0.25) is 0 Å². The molecule has 2 aliphatic heterocycles. The summed E-state index contributed by atoms with van der Waals surface area (Å²) in [5.41, 5.74) is 4.34. The molecule has 1 spiro atoms. The van der Waals surface area contributed by atoms with Gasteiger partial charge in [0, 0.05) is 44.7 Å². The molecule has 1 fully saturated rings. The number of hydrazine groups is 1. The maximum atomic E-state index is 12.3. The summed E-state index contributed by atoms with van der Waals surface area (Å²) < 4.78 is 11.9. The summed E-state index contributed by atoms with van der Waals surface area (Å²) in [6, 6.07) is 6.26. The number of aryl methyl sites for hydroxylation is 1. The molecule has 1 aromatic rings. The molecular formula is C20H32N4O3. The zero-order chi connectivity index (χ0) is 19.5. The van der Waals surface area contributed by atoms with E-state index in [1.165, 1.54) is 5.56 Å². The first-order valence-electron chi connectivity index (χ1n) is 9.77. The number of ether oxygens (including phenoxy) is 2. The smallest absolute Gasteiger partial charge is 0.410 e. The maximum Gasteiger partial charge on any atom is 0.410 e. The Bertz CT molecular complexity index is 664. The molecule has 2 aliphatic rings. The molecule has 7 heteroatoms. The number of nitrogens with one attached hydrogen (secondary N) is 2. The summed E-state index contributed by atoms with van der Waals surface area (Å²) in [4.78, 5) is 14.1. The van der Waals surface area contributed by atoms with E-state index >= 15 is 0 Å². The van der Waals surface area contributed by atoms with Crippen LogP contribution in [0.15, 0.2) is 18.2 Å². The van der Waals surface area contributed by atoms with Gasteiger partial charge in [-0.1, -0.05) is 0 Å². The van der Waals surface area contributed by atoms with E-state index in [1.54, 1.807) is 4.90 Å². The highest BCUT2D eigenvalue weighted by molar-refractivity contribution is 5.68. The normalized spacial score (nSPS) is 18.6. The molecule has 0 saturated carbocycles. The van der Waals surface area contributed by atoms with Crippen LogP contribution in [-0.2, 0) is 11.2 Å². The van der Waals surface area contributed by atoms with Crippen LogP contribution < -0.4 is 21.3 Å². The summed E-state index contributed by atoms with van der Waals surface area (Å²) in [6.45, 7) is 8.53. The largest absolute Gasteiger partial charge is 0.487 e. The van der Waals surface area contributed by atoms with E-state index in [2.05, 4.69) is 22.9 Å². The molecule has 0 atom stereocenters. The molecule has 0 bridgehead atoms. The first-order valence-corrected chi connectivity index (χ1v) is 9.77. The summed E-state index contributed by atoms with van der Waals surface area (Å²) >= 11 is 0. The highest BCUT2D eigenvalue weighted by Gasteiger charge is 2.41. The van der Waals surface area contributed by atoms with E-state index in [0.29, 0.717) is 19.6 Å². The second-order valence-electron chi connectivity index (χ2n) is 8.46. The topological polar surface area (TPSA) is 88.9 Å². The van der Waals surface area contributed by atoms with Gasteiger partial charge in [-0.05, 0) is 57.4 Å². The quantitative estimate of drug-likeness (QED) is 0.425. The molecule has 0 aliphatic carbocycles. The lowest BCUT2D eigenvalue weighted by Crippen LogP contribution is -2.52. The number of nitrogens with two attached hydrogens (primary N) is 1. The van der Waals surface area contributed by atoms with Gasteiger partial charge < -0.3 is 19.7 Å². The number of anilines is 1. The minimum Gasteiger partial charge on any atom is -0.487 e. The summed E-state index contributed by atoms with van der Waals surface area (Å²) in [5, 5.41) is 3.35. The number of likely N-dealkylation sites (tertiary alicyclic amines) is 1. The Kier molecular flexibility index (Phi) is 5.81. The zero-order valence-corrected chi connectivity index (χ0v) is 16.6. The van der Waals surface area contributed by atoms with Crippen molar-refractivity contribution in [2.24, 2.45) is 5.84 Å². The number of nitrogens with zero attached hydrogens (tertiary/aromatic N) is 1. The van der Waals surface area contributed by atoms with E-state index < -0.39 is 5.60 Å². The van der Waals surface area contributed by atoms with Crippen molar-refractivity contribution < 1.29 is 14.3 Å². The zero-order valence-electron chi connectivity index (χ0n) is 16.6. The van der Waals surface area contributed by atoms with E-state index in [0.717, 1.165) is 43.7 Å². The third-order valence-electron chi connectivity index (χ3n) is 5.16. The fraction of sp³-hybridized carbons (Fsp3) is 0.650. The Morgan fingerprint density at radius 1 is 1.26 bits per heavy atom. The van der Waals surface area contributed by atoms with Gasteiger partial charge in [-0.15, -0.1) is 0 Å². The SMILES string of the molecule is CC(C)(C)OC(=O)N1CCC2(CCc3cc(NCCNN)ccc3O2)CC1. The van der Waals surface area contributed by atoms with Crippen molar-refractivity contribution in [2.75, 3.05) is 31.5 Å². The first kappa shape index (κ1) is 19.8. The number of benzene rings is 1. The van der Waals surface area contributed by atoms with Crippen LogP contribution in [0.5, 0.6) is 5.75 Å². The molecule has 0 unspecified atom stereocenters. The molecular weight excluding hydrogens is 344 g/mol. The van der Waals surface area contributed by atoms with E-state index in [9.17, 15) is 4.79 Å². The van der Waals surface area contributed by atoms with Gasteiger partial charge in [-0.3, -0.25) is 11.3 Å². The fourth-order valence-corrected chi connectivity index (χ4v) is 3.69. The molecule has 1 amide bonds. The molecule has 7 nitrogen and oxygen atoms in total. The van der Waals surface area contributed by atoms with Crippen molar-refractivity contribution in [1.82, 2.24) is 10.3 Å². The monoisotopic (exact) mass is 376 g/mol. The van der Waals surface area contributed by atoms with Gasteiger partial charge in [0.05, 0.1) is 0 Å². The minimum absolute atomic E-state index is 0.163. The van der Waals surface area contributed by atoms with Gasteiger partial charge >= 0.3 is 6.09 Å². The molecule has 0 aromatic heterocycles. The number of fused-ring (bicyclic) bond motifs is 1. The van der Waals surface area contributed by atoms with Crippen molar-refractivity contribution in [3.63, 3.8) is 0 Å². The lowest BCUT2D eigenvalue weighted by Gasteiger charge is -2.44. The van der Waals surface area contributed by atoms with E-state index in [1.807, 2.05) is 26.8 Å². The Morgan fingerprint density at radius 3 is 2.67 bits per heavy atom. The van der Waals surface area contributed by atoms with E-state index in [-0.39, 0.29) is 11.7 Å². The highest BCUT2D eigenvalue weighted by Crippen LogP contribution is 2.40. The fourth-order valence-electron chi connectivity index (χ4n) is 3.69. The van der Waals surface area contributed by atoms with Crippen molar-refractivity contribution in [3.8, 4) is 5.75 Å². The van der Waals surface area contributed by atoms with Gasteiger partial charge in [-0.25, -0.2) is 4.79 Å². The number of piperidine rings is 1. The second-order valence-corrected chi connectivity index (χ2v) is 8.46. The van der Waals surface area contributed by atoms with Gasteiger partial charge in [-0.2, -0.15) is 0 Å². The Balaban J connectivity index is 1.57. The van der Waals surface area contributed by atoms with Crippen molar-refractivity contribution in [1.29, 1.82) is 0 Å². The first-order chi connectivity index (χ1) is 12.8. The van der Waals surface area contributed by atoms with Crippen molar-refractivity contribution in [2.45, 2.75) is 57.7 Å². The molecule has 27 heavy (non-hydrogen) atoms. The minimum atomic E-state index is -0.460. The van der Waals surface area contributed by atoms with Gasteiger partial charge in [0.15, 0.2) is 0 Å². The predicted octanol–water partition coefficient (Wildman–Crippen LogP) is 2.66. The van der Waals surface area contributed by atoms with Crippen molar-refractivity contribution in [3.05, 3.63) is 23.8 Å². The number of carbonyl (C=O) groups excluding carboxylic acids is 1. The van der Waals surface area contributed by atoms with Crippen LogP contribution in [0.4, 0.5) is 10.5 Å². The summed E-state index contributed by atoms with van der Waals surface area (Å²) in [5.74, 6) is 6.27. The standard InChI is InChI=1S/C20H32N4O3/c1-19(2,3)27-18(25)24-12-8-20(9-13-24)7-6-15-14-16(22-10-11-23-21)4-5-17(15)26-20/h4-5,14,22-23H,6-13,21H2,1-3H3. The third-order valence-corrected chi connectivity index (χ3v) is 5.16. The molecule has 0 radical (unpaired) electrons. The van der Waals surface area contributed by atoms with Crippen LogP contribution in [-0.4, -0.2) is 48.4 Å². The summed E-state index contributed by atoms with van der Waals surface area (Å²) in [6.07, 6.45) is 3.43. The van der Waals surface area contributed by atoms with Crippen molar-refractivity contribution >= 4 is 11.8 Å². The summed E-state index contributed by atoms with van der Waals surface area (Å²) in [7, 11) is 0.